The van der Waals surface area contributed by atoms with Crippen LogP contribution >= 0.6 is 0 Å². The molecule has 3 rings (SSSR count). The predicted octanol–water partition coefficient (Wildman–Crippen LogP) is 3.96. The fraction of sp³-hybridized carbons (Fsp3) is 0.176. The molecule has 0 amide bonds. The van der Waals surface area contributed by atoms with Crippen molar-refractivity contribution < 1.29 is 4.74 Å². The van der Waals surface area contributed by atoms with E-state index in [1.807, 2.05) is 30.3 Å². The lowest BCUT2D eigenvalue weighted by atomic mass is 10.1. The van der Waals surface area contributed by atoms with Gasteiger partial charge in [0.25, 0.3) is 0 Å². The molecule has 0 aliphatic heterocycles. The molecule has 1 aromatic heterocycles. The van der Waals surface area contributed by atoms with Crippen LogP contribution in [0.5, 0.6) is 11.6 Å². The average molecular weight is 279 g/mol. The summed E-state index contributed by atoms with van der Waals surface area (Å²) in [4.78, 5) is 8.43. The molecule has 4 nitrogen and oxygen atoms in total. The molecule has 0 bridgehead atoms. The number of aryl methyl sites for hydroxylation is 1. The minimum atomic E-state index is 0.545. The summed E-state index contributed by atoms with van der Waals surface area (Å²) in [6.45, 7) is 2.17. The van der Waals surface area contributed by atoms with Crippen molar-refractivity contribution in [1.82, 2.24) is 9.97 Å². The highest BCUT2D eigenvalue weighted by Crippen LogP contribution is 2.27. The Kier molecular flexibility index (Phi) is 3.69. The third kappa shape index (κ3) is 2.94. The monoisotopic (exact) mass is 279 g/mol. The fourth-order valence-corrected chi connectivity index (χ4v) is 2.26. The van der Waals surface area contributed by atoms with Crippen LogP contribution in [-0.4, -0.2) is 9.97 Å². The molecule has 0 fully saturated rings. The molecule has 21 heavy (non-hydrogen) atoms. The van der Waals surface area contributed by atoms with E-state index >= 15 is 0 Å². The number of nitrogen functional groups attached to an aromatic ring is 1. The third-order valence-electron chi connectivity index (χ3n) is 3.30. The summed E-state index contributed by atoms with van der Waals surface area (Å²) >= 11 is 0. The Morgan fingerprint density at radius 1 is 1.05 bits per heavy atom. The zero-order valence-electron chi connectivity index (χ0n) is 11.9. The minimum absolute atomic E-state index is 0.545. The van der Waals surface area contributed by atoms with E-state index < -0.39 is 0 Å². The van der Waals surface area contributed by atoms with Crippen molar-refractivity contribution in [2.24, 2.45) is 0 Å². The second-order valence-electron chi connectivity index (χ2n) is 4.95. The molecule has 0 atom stereocenters. The number of ether oxygens (including phenoxy) is 1. The lowest BCUT2D eigenvalue weighted by molar-refractivity contribution is 0.468. The third-order valence-corrected chi connectivity index (χ3v) is 3.30. The molecule has 0 unspecified atom stereocenters. The second-order valence-corrected chi connectivity index (χ2v) is 4.95. The van der Waals surface area contributed by atoms with E-state index in [9.17, 15) is 0 Å². The minimum Gasteiger partial charge on any atom is -0.438 e. The van der Waals surface area contributed by atoms with Gasteiger partial charge in [-0.2, -0.15) is 0 Å². The van der Waals surface area contributed by atoms with E-state index in [4.69, 9.17) is 10.5 Å². The van der Waals surface area contributed by atoms with Gasteiger partial charge in [0.15, 0.2) is 0 Å². The van der Waals surface area contributed by atoms with Crippen LogP contribution in [0.2, 0.25) is 0 Å². The van der Waals surface area contributed by atoms with Crippen LogP contribution in [0.1, 0.15) is 18.9 Å². The van der Waals surface area contributed by atoms with E-state index in [1.165, 1.54) is 11.9 Å². The maximum Gasteiger partial charge on any atom is 0.230 e. The van der Waals surface area contributed by atoms with Crippen LogP contribution in [0.25, 0.3) is 10.9 Å². The number of nitrogens with zero attached hydrogens (tertiary/aromatic N) is 2. The lowest BCUT2D eigenvalue weighted by Gasteiger charge is -2.08. The SMILES string of the molecule is CCCc1ccc(Oc2ncnc3cc(N)ccc23)cc1. The smallest absolute Gasteiger partial charge is 0.230 e. The maximum atomic E-state index is 5.87. The van der Waals surface area contributed by atoms with E-state index in [0.29, 0.717) is 11.6 Å². The van der Waals surface area contributed by atoms with Crippen molar-refractivity contribution in [3.05, 3.63) is 54.4 Å². The van der Waals surface area contributed by atoms with Gasteiger partial charge in [0, 0.05) is 5.69 Å². The number of hydrogen-bond acceptors (Lipinski definition) is 4. The van der Waals surface area contributed by atoms with Gasteiger partial charge in [0.05, 0.1) is 10.9 Å². The van der Waals surface area contributed by atoms with Gasteiger partial charge in [-0.25, -0.2) is 9.97 Å². The molecule has 1 heterocycles. The van der Waals surface area contributed by atoms with Gasteiger partial charge in [-0.3, -0.25) is 0 Å². The largest absolute Gasteiger partial charge is 0.438 e. The summed E-state index contributed by atoms with van der Waals surface area (Å²) < 4.78 is 5.87. The number of nitrogens with two attached hydrogens (primary N) is 1. The van der Waals surface area contributed by atoms with Crippen LogP contribution in [0.4, 0.5) is 5.69 Å². The van der Waals surface area contributed by atoms with Crippen molar-refractivity contribution in [3.63, 3.8) is 0 Å². The Labute approximate surface area is 123 Å². The highest BCUT2D eigenvalue weighted by molar-refractivity contribution is 5.85. The molecule has 2 N–H and O–H groups in total. The lowest BCUT2D eigenvalue weighted by Crippen LogP contribution is -1.93. The number of benzene rings is 2. The highest BCUT2D eigenvalue weighted by atomic mass is 16.5. The summed E-state index contributed by atoms with van der Waals surface area (Å²) in [7, 11) is 0. The number of aromatic nitrogens is 2. The van der Waals surface area contributed by atoms with Crippen LogP contribution in [0.15, 0.2) is 48.8 Å². The normalized spacial score (nSPS) is 10.7. The van der Waals surface area contributed by atoms with Crippen molar-refractivity contribution in [2.45, 2.75) is 19.8 Å². The first-order valence-corrected chi connectivity index (χ1v) is 7.03. The van der Waals surface area contributed by atoms with E-state index in [0.717, 1.165) is 29.5 Å². The zero-order chi connectivity index (χ0) is 14.7. The number of rotatable bonds is 4. The molecular weight excluding hydrogens is 262 g/mol. The summed E-state index contributed by atoms with van der Waals surface area (Å²) in [6, 6.07) is 13.6. The first-order chi connectivity index (χ1) is 10.3. The van der Waals surface area contributed by atoms with E-state index in [1.54, 1.807) is 0 Å². The Hall–Kier alpha value is -2.62. The molecule has 0 saturated carbocycles. The topological polar surface area (TPSA) is 61.0 Å². The van der Waals surface area contributed by atoms with Crippen molar-refractivity contribution in [3.8, 4) is 11.6 Å². The molecule has 2 aromatic carbocycles. The number of hydrogen-bond donors (Lipinski definition) is 1. The van der Waals surface area contributed by atoms with Crippen LogP contribution in [0, 0.1) is 0 Å². The van der Waals surface area contributed by atoms with Gasteiger partial charge in [-0.05, 0) is 42.3 Å². The van der Waals surface area contributed by atoms with Crippen molar-refractivity contribution in [1.29, 1.82) is 0 Å². The Bertz CT molecular complexity index is 754. The summed E-state index contributed by atoms with van der Waals surface area (Å²) in [5, 5.41) is 0.851. The van der Waals surface area contributed by atoms with Crippen LogP contribution < -0.4 is 10.5 Å². The molecule has 3 aromatic rings. The fourth-order valence-electron chi connectivity index (χ4n) is 2.26. The highest BCUT2D eigenvalue weighted by Gasteiger charge is 2.06. The molecule has 0 aliphatic carbocycles. The van der Waals surface area contributed by atoms with Gasteiger partial charge in [0.1, 0.15) is 12.1 Å². The predicted molar refractivity (Wildman–Crippen MR) is 84.5 cm³/mol. The Morgan fingerprint density at radius 2 is 1.86 bits per heavy atom. The Morgan fingerprint density at radius 3 is 2.62 bits per heavy atom. The first-order valence-electron chi connectivity index (χ1n) is 7.03. The van der Waals surface area contributed by atoms with Crippen LogP contribution in [0.3, 0.4) is 0 Å². The van der Waals surface area contributed by atoms with E-state index in [2.05, 4.69) is 29.0 Å². The van der Waals surface area contributed by atoms with Gasteiger partial charge in [0.2, 0.25) is 5.88 Å². The summed E-state index contributed by atoms with van der Waals surface area (Å²) in [5.41, 5.74) is 8.54. The molecule has 106 valence electrons. The standard InChI is InChI=1S/C17H17N3O/c1-2-3-12-4-7-14(8-5-12)21-17-15-9-6-13(18)10-16(15)19-11-20-17/h4-11H,2-3,18H2,1H3. The summed E-state index contributed by atoms with van der Waals surface area (Å²) in [6.07, 6.45) is 3.71. The zero-order valence-corrected chi connectivity index (χ0v) is 11.9. The van der Waals surface area contributed by atoms with Crippen molar-refractivity contribution in [2.75, 3.05) is 5.73 Å². The number of fused-ring (bicyclic) bond motifs is 1. The second kappa shape index (κ2) is 5.79. The summed E-state index contributed by atoms with van der Waals surface area (Å²) in [5.74, 6) is 1.31. The quantitative estimate of drug-likeness (QED) is 0.734. The van der Waals surface area contributed by atoms with Gasteiger partial charge in [-0.1, -0.05) is 25.5 Å². The maximum absolute atomic E-state index is 5.87. The molecule has 4 heteroatoms. The molecule has 0 radical (unpaired) electrons. The van der Waals surface area contributed by atoms with Crippen molar-refractivity contribution >= 4 is 16.6 Å². The van der Waals surface area contributed by atoms with Crippen LogP contribution in [-0.2, 0) is 6.42 Å². The van der Waals surface area contributed by atoms with E-state index in [-0.39, 0.29) is 0 Å². The first kappa shape index (κ1) is 13.4. The molecule has 0 saturated heterocycles. The Balaban J connectivity index is 1.90. The van der Waals surface area contributed by atoms with Gasteiger partial charge >= 0.3 is 0 Å². The average Bonchev–Trinajstić information content (AvgIpc) is 2.49. The molecule has 0 aliphatic rings. The van der Waals surface area contributed by atoms with Gasteiger partial charge < -0.3 is 10.5 Å². The van der Waals surface area contributed by atoms with Gasteiger partial charge in [-0.15, -0.1) is 0 Å². The number of anilines is 1. The molecule has 0 spiro atoms. The molecular formula is C17H17N3O.